The molecule has 0 saturated heterocycles. The molecule has 0 atom stereocenters. The highest BCUT2D eigenvalue weighted by Crippen LogP contribution is 2.27. The van der Waals surface area contributed by atoms with Crippen molar-refractivity contribution in [2.45, 2.75) is 6.54 Å². The van der Waals surface area contributed by atoms with Gasteiger partial charge >= 0.3 is 0 Å². The number of nitrogens with one attached hydrogen (secondary N) is 1. The number of benzene rings is 1. The predicted octanol–water partition coefficient (Wildman–Crippen LogP) is 0.970. The highest BCUT2D eigenvalue weighted by Gasteiger charge is 2.09. The summed E-state index contributed by atoms with van der Waals surface area (Å²) in [4.78, 5) is 0. The zero-order valence-electron chi connectivity index (χ0n) is 9.51. The largest absolute Gasteiger partial charge is 0.492 e. The molecule has 0 saturated carbocycles. The maximum Gasteiger partial charge on any atom is 0.177 e. The van der Waals surface area contributed by atoms with Crippen molar-refractivity contribution in [1.82, 2.24) is 20.2 Å². The fourth-order valence-electron chi connectivity index (χ4n) is 1.43. The molecule has 6 nitrogen and oxygen atoms in total. The van der Waals surface area contributed by atoms with Crippen LogP contribution >= 0.6 is 0 Å². The van der Waals surface area contributed by atoms with Gasteiger partial charge in [0.25, 0.3) is 0 Å². The van der Waals surface area contributed by atoms with Gasteiger partial charge in [-0.3, -0.25) is 0 Å². The maximum atomic E-state index is 13.4. The van der Waals surface area contributed by atoms with E-state index in [2.05, 4.69) is 20.8 Å². The molecule has 0 aliphatic rings. The number of aryl methyl sites for hydroxylation is 1. The first-order valence-electron chi connectivity index (χ1n) is 5.00. The van der Waals surface area contributed by atoms with Gasteiger partial charge in [0.1, 0.15) is 0 Å². The Kier molecular flexibility index (Phi) is 3.17. The molecule has 0 bridgehead atoms. The van der Waals surface area contributed by atoms with E-state index >= 15 is 0 Å². The van der Waals surface area contributed by atoms with Crippen LogP contribution in [0, 0.1) is 5.82 Å². The average Bonchev–Trinajstić information content (AvgIpc) is 2.72. The number of halogens is 1. The van der Waals surface area contributed by atoms with Crippen LogP contribution in [0.4, 0.5) is 10.1 Å². The standard InChI is InChI=1S/C10H12FN5O/c1-16-9(13-14-15-16)6-12-8-5-3-4-7(11)10(8)17-2/h3-5,12H,6H2,1-2H3. The van der Waals surface area contributed by atoms with Crippen LogP contribution < -0.4 is 10.1 Å². The highest BCUT2D eigenvalue weighted by atomic mass is 19.1. The lowest BCUT2D eigenvalue weighted by Crippen LogP contribution is -2.08. The molecule has 0 fully saturated rings. The number of nitrogens with zero attached hydrogens (tertiary/aromatic N) is 4. The van der Waals surface area contributed by atoms with Gasteiger partial charge in [-0.2, -0.15) is 0 Å². The van der Waals surface area contributed by atoms with E-state index in [0.717, 1.165) is 0 Å². The number of ether oxygens (including phenoxy) is 1. The van der Waals surface area contributed by atoms with Gasteiger partial charge in [0.05, 0.1) is 19.3 Å². The van der Waals surface area contributed by atoms with Gasteiger partial charge in [-0.05, 0) is 22.6 Å². The van der Waals surface area contributed by atoms with Gasteiger partial charge in [-0.15, -0.1) is 5.10 Å². The lowest BCUT2D eigenvalue weighted by molar-refractivity contribution is 0.388. The Morgan fingerprint density at radius 3 is 2.94 bits per heavy atom. The molecule has 2 rings (SSSR count). The molecule has 0 aliphatic carbocycles. The molecule has 0 amide bonds. The Labute approximate surface area is 97.4 Å². The molecule has 0 aliphatic heterocycles. The number of tetrazole rings is 1. The lowest BCUT2D eigenvalue weighted by atomic mass is 10.2. The van der Waals surface area contributed by atoms with Gasteiger partial charge in [0, 0.05) is 7.05 Å². The highest BCUT2D eigenvalue weighted by molar-refractivity contribution is 5.56. The van der Waals surface area contributed by atoms with Crippen LogP contribution in [0.15, 0.2) is 18.2 Å². The third-order valence-electron chi connectivity index (χ3n) is 2.32. The van der Waals surface area contributed by atoms with Crippen LogP contribution in [-0.4, -0.2) is 27.3 Å². The van der Waals surface area contributed by atoms with E-state index in [1.807, 2.05) is 0 Å². The van der Waals surface area contributed by atoms with E-state index in [0.29, 0.717) is 18.1 Å². The first-order chi connectivity index (χ1) is 8.22. The fraction of sp³-hybridized carbons (Fsp3) is 0.300. The van der Waals surface area contributed by atoms with E-state index in [1.54, 1.807) is 23.9 Å². The molecule has 17 heavy (non-hydrogen) atoms. The van der Waals surface area contributed by atoms with E-state index < -0.39 is 5.82 Å². The van der Waals surface area contributed by atoms with Gasteiger partial charge in [0.15, 0.2) is 17.4 Å². The molecule has 1 aromatic heterocycles. The predicted molar refractivity (Wildman–Crippen MR) is 59.1 cm³/mol. The molecule has 1 N–H and O–H groups in total. The summed E-state index contributed by atoms with van der Waals surface area (Å²) < 4.78 is 19.9. The van der Waals surface area contributed by atoms with E-state index in [-0.39, 0.29) is 5.75 Å². The molecular weight excluding hydrogens is 225 g/mol. The zero-order chi connectivity index (χ0) is 12.3. The smallest absolute Gasteiger partial charge is 0.177 e. The topological polar surface area (TPSA) is 64.9 Å². The first kappa shape index (κ1) is 11.3. The quantitative estimate of drug-likeness (QED) is 0.858. The van der Waals surface area contributed by atoms with Crippen molar-refractivity contribution in [2.24, 2.45) is 7.05 Å². The third-order valence-corrected chi connectivity index (χ3v) is 2.32. The SMILES string of the molecule is COc1c(F)cccc1NCc1nnnn1C. The van der Waals surface area contributed by atoms with Crippen molar-refractivity contribution in [3.8, 4) is 5.75 Å². The zero-order valence-corrected chi connectivity index (χ0v) is 9.51. The van der Waals surface area contributed by atoms with E-state index in [1.165, 1.54) is 13.2 Å². The number of rotatable bonds is 4. The van der Waals surface area contributed by atoms with Crippen LogP contribution in [-0.2, 0) is 13.6 Å². The number of methoxy groups -OCH3 is 1. The summed E-state index contributed by atoms with van der Waals surface area (Å²) in [5, 5.41) is 14.0. The Hall–Kier alpha value is -2.18. The first-order valence-corrected chi connectivity index (χ1v) is 5.00. The lowest BCUT2D eigenvalue weighted by Gasteiger charge is -2.10. The summed E-state index contributed by atoms with van der Waals surface area (Å²) in [5.74, 6) is 0.424. The van der Waals surface area contributed by atoms with E-state index in [4.69, 9.17) is 4.74 Å². The molecule has 2 aromatic rings. The molecule has 1 heterocycles. The van der Waals surface area contributed by atoms with Crippen LogP contribution in [0.1, 0.15) is 5.82 Å². The summed E-state index contributed by atoms with van der Waals surface area (Å²) in [6.45, 7) is 0.392. The Balaban J connectivity index is 2.14. The molecule has 0 radical (unpaired) electrons. The summed E-state index contributed by atoms with van der Waals surface area (Å²) in [6.07, 6.45) is 0. The van der Waals surface area contributed by atoms with Crippen molar-refractivity contribution in [1.29, 1.82) is 0 Å². The van der Waals surface area contributed by atoms with Gasteiger partial charge in [-0.1, -0.05) is 6.07 Å². The minimum absolute atomic E-state index is 0.183. The molecule has 1 aromatic carbocycles. The van der Waals surface area contributed by atoms with E-state index in [9.17, 15) is 4.39 Å². The average molecular weight is 237 g/mol. The number of hydrogen-bond donors (Lipinski definition) is 1. The molecule has 0 spiro atoms. The maximum absolute atomic E-state index is 13.4. The second-order valence-corrected chi connectivity index (χ2v) is 3.39. The number of hydrogen-bond acceptors (Lipinski definition) is 5. The molecule has 90 valence electrons. The van der Waals surface area contributed by atoms with Crippen molar-refractivity contribution >= 4 is 5.69 Å². The van der Waals surface area contributed by atoms with Crippen LogP contribution in [0.25, 0.3) is 0 Å². The monoisotopic (exact) mass is 237 g/mol. The Morgan fingerprint density at radius 2 is 2.29 bits per heavy atom. The van der Waals surface area contributed by atoms with Crippen molar-refractivity contribution < 1.29 is 9.13 Å². The third kappa shape index (κ3) is 2.32. The summed E-state index contributed by atoms with van der Waals surface area (Å²) in [7, 11) is 3.16. The summed E-state index contributed by atoms with van der Waals surface area (Å²) in [6, 6.07) is 4.68. The van der Waals surface area contributed by atoms with Crippen molar-refractivity contribution in [3.05, 3.63) is 29.8 Å². The Bertz CT molecular complexity index is 513. The molecule has 0 unspecified atom stereocenters. The number of para-hydroxylation sites is 1. The number of anilines is 1. The Morgan fingerprint density at radius 1 is 1.47 bits per heavy atom. The molecular formula is C10H12FN5O. The minimum atomic E-state index is -0.409. The normalized spacial score (nSPS) is 10.3. The summed E-state index contributed by atoms with van der Waals surface area (Å²) >= 11 is 0. The number of aromatic nitrogens is 4. The second kappa shape index (κ2) is 4.77. The minimum Gasteiger partial charge on any atom is -0.492 e. The second-order valence-electron chi connectivity index (χ2n) is 3.39. The van der Waals surface area contributed by atoms with Crippen LogP contribution in [0.2, 0.25) is 0 Å². The van der Waals surface area contributed by atoms with Crippen molar-refractivity contribution in [2.75, 3.05) is 12.4 Å². The molecule has 7 heteroatoms. The van der Waals surface area contributed by atoms with Gasteiger partial charge in [-0.25, -0.2) is 9.07 Å². The van der Waals surface area contributed by atoms with Gasteiger partial charge < -0.3 is 10.1 Å². The van der Waals surface area contributed by atoms with Crippen LogP contribution in [0.3, 0.4) is 0 Å². The fourth-order valence-corrected chi connectivity index (χ4v) is 1.43. The summed E-state index contributed by atoms with van der Waals surface area (Å²) in [5.41, 5.74) is 0.565. The van der Waals surface area contributed by atoms with Crippen LogP contribution in [0.5, 0.6) is 5.75 Å². The van der Waals surface area contributed by atoms with Gasteiger partial charge in [0.2, 0.25) is 0 Å². The van der Waals surface area contributed by atoms with Crippen molar-refractivity contribution in [3.63, 3.8) is 0 Å².